The highest BCUT2D eigenvalue weighted by molar-refractivity contribution is 5.69. The maximum Gasteiger partial charge on any atom is 0.135 e. The number of hydrogen-bond donors (Lipinski definition) is 2. The van der Waals surface area contributed by atoms with E-state index in [9.17, 15) is 8.78 Å². The molecule has 3 N–H and O–H groups in total. The van der Waals surface area contributed by atoms with E-state index in [1.165, 1.54) is 18.2 Å². The molecule has 4 rings (SSSR count). The van der Waals surface area contributed by atoms with E-state index >= 15 is 0 Å². The third-order valence-electron chi connectivity index (χ3n) is 5.32. The van der Waals surface area contributed by atoms with Gasteiger partial charge in [-0.15, -0.1) is 0 Å². The highest BCUT2D eigenvalue weighted by Crippen LogP contribution is 2.29. The number of benzene rings is 1. The van der Waals surface area contributed by atoms with E-state index in [0.717, 1.165) is 30.9 Å². The molecule has 1 aliphatic heterocycles. The van der Waals surface area contributed by atoms with Crippen molar-refractivity contribution in [1.82, 2.24) is 9.97 Å². The summed E-state index contributed by atoms with van der Waals surface area (Å²) >= 11 is 0. The number of piperidine rings is 1. The Morgan fingerprint density at radius 2 is 1.87 bits per heavy atom. The molecule has 2 aromatic heterocycles. The van der Waals surface area contributed by atoms with Crippen LogP contribution in [-0.4, -0.2) is 29.1 Å². The van der Waals surface area contributed by atoms with Crippen molar-refractivity contribution < 1.29 is 8.78 Å². The van der Waals surface area contributed by atoms with Crippen LogP contribution in [0.1, 0.15) is 19.0 Å². The molecule has 1 aromatic carbocycles. The van der Waals surface area contributed by atoms with Gasteiger partial charge in [0.1, 0.15) is 11.6 Å². The molecule has 0 radical (unpaired) electrons. The maximum absolute atomic E-state index is 14.1. The minimum Gasteiger partial charge on any atom is -0.376 e. The molecule has 0 spiro atoms. The number of rotatable bonds is 5. The summed E-state index contributed by atoms with van der Waals surface area (Å²) in [5.74, 6) is -0.737. The molecule has 7 heteroatoms. The number of aromatic nitrogens is 2. The predicted octanol–water partition coefficient (Wildman–Crippen LogP) is 4.21. The smallest absolute Gasteiger partial charge is 0.135 e. The SMILES string of the molecule is C[C@@H]1C[C@H](N)CN(c2ccncc2NCc2cccc(-c3c(F)cccc3F)n2)C1. The van der Waals surface area contributed by atoms with E-state index < -0.39 is 11.6 Å². The van der Waals surface area contributed by atoms with Crippen LogP contribution in [0.3, 0.4) is 0 Å². The Kier molecular flexibility index (Phi) is 5.90. The van der Waals surface area contributed by atoms with Crippen LogP contribution in [0.25, 0.3) is 11.3 Å². The fourth-order valence-corrected chi connectivity index (χ4v) is 4.04. The average Bonchev–Trinajstić information content (AvgIpc) is 2.72. The molecule has 2 atom stereocenters. The molecular formula is C23H25F2N5. The molecular weight excluding hydrogens is 384 g/mol. The maximum atomic E-state index is 14.1. The Hall–Kier alpha value is -3.06. The van der Waals surface area contributed by atoms with Gasteiger partial charge < -0.3 is 16.0 Å². The molecule has 0 aliphatic carbocycles. The summed E-state index contributed by atoms with van der Waals surface area (Å²) in [6.45, 7) is 4.34. The standard InChI is InChI=1S/C23H25F2N5/c1-15-10-16(26)14-30(13-15)22-8-9-27-12-21(22)28-11-17-4-2-7-20(29-17)23-18(24)5-3-6-19(23)25/h2-9,12,15-16,28H,10-11,13-14,26H2,1H3/t15-,16+/m1/s1. The zero-order chi connectivity index (χ0) is 21.1. The molecule has 1 saturated heterocycles. The van der Waals surface area contributed by atoms with Crippen molar-refractivity contribution in [3.05, 3.63) is 72.2 Å². The predicted molar refractivity (Wildman–Crippen MR) is 115 cm³/mol. The third-order valence-corrected chi connectivity index (χ3v) is 5.32. The molecule has 30 heavy (non-hydrogen) atoms. The van der Waals surface area contributed by atoms with Gasteiger partial charge in [-0.25, -0.2) is 8.78 Å². The largest absolute Gasteiger partial charge is 0.376 e. The number of anilines is 2. The molecule has 0 amide bonds. The van der Waals surface area contributed by atoms with Crippen LogP contribution in [0.15, 0.2) is 54.9 Å². The van der Waals surface area contributed by atoms with Crippen LogP contribution < -0.4 is 16.0 Å². The first-order valence-electron chi connectivity index (χ1n) is 10.1. The quantitative estimate of drug-likeness (QED) is 0.661. The Bertz CT molecular complexity index is 996. The van der Waals surface area contributed by atoms with Crippen molar-refractivity contribution in [3.63, 3.8) is 0 Å². The number of nitrogens with two attached hydrogens (primary N) is 1. The summed E-state index contributed by atoms with van der Waals surface area (Å²) in [5, 5.41) is 3.37. The van der Waals surface area contributed by atoms with E-state index in [-0.39, 0.29) is 17.3 Å². The summed E-state index contributed by atoms with van der Waals surface area (Å²) in [6, 6.07) is 11.1. The van der Waals surface area contributed by atoms with Crippen molar-refractivity contribution >= 4 is 11.4 Å². The van der Waals surface area contributed by atoms with E-state index in [1.807, 2.05) is 12.1 Å². The van der Waals surface area contributed by atoms with E-state index in [1.54, 1.807) is 24.5 Å². The first-order chi connectivity index (χ1) is 14.5. The number of nitrogens with zero attached hydrogens (tertiary/aromatic N) is 3. The number of pyridine rings is 2. The van der Waals surface area contributed by atoms with Gasteiger partial charge in [-0.3, -0.25) is 9.97 Å². The van der Waals surface area contributed by atoms with E-state index in [4.69, 9.17) is 5.73 Å². The second kappa shape index (κ2) is 8.75. The van der Waals surface area contributed by atoms with Gasteiger partial charge in [0.25, 0.3) is 0 Å². The van der Waals surface area contributed by atoms with Gasteiger partial charge in [0.05, 0.1) is 41.1 Å². The summed E-state index contributed by atoms with van der Waals surface area (Å²) in [6.07, 6.45) is 4.57. The number of halogens is 2. The normalized spacial score (nSPS) is 19.0. The number of nitrogens with one attached hydrogen (secondary N) is 1. The summed E-state index contributed by atoms with van der Waals surface area (Å²) in [4.78, 5) is 11.0. The summed E-state index contributed by atoms with van der Waals surface area (Å²) in [5.41, 5.74) is 8.97. The molecule has 3 heterocycles. The average molecular weight is 409 g/mol. The lowest BCUT2D eigenvalue weighted by Crippen LogP contribution is -2.46. The van der Waals surface area contributed by atoms with Crippen LogP contribution >= 0.6 is 0 Å². The fraction of sp³-hybridized carbons (Fsp3) is 0.304. The molecule has 0 bridgehead atoms. The fourth-order valence-electron chi connectivity index (χ4n) is 4.04. The summed E-state index contributed by atoms with van der Waals surface area (Å²) in [7, 11) is 0. The van der Waals surface area contributed by atoms with Crippen molar-refractivity contribution in [3.8, 4) is 11.3 Å². The Morgan fingerprint density at radius 1 is 1.10 bits per heavy atom. The second-order valence-electron chi connectivity index (χ2n) is 7.86. The van der Waals surface area contributed by atoms with Gasteiger partial charge in [-0.2, -0.15) is 0 Å². The zero-order valence-corrected chi connectivity index (χ0v) is 16.9. The first-order valence-corrected chi connectivity index (χ1v) is 10.1. The monoisotopic (exact) mass is 409 g/mol. The van der Waals surface area contributed by atoms with Crippen LogP contribution in [0.4, 0.5) is 20.2 Å². The van der Waals surface area contributed by atoms with Crippen LogP contribution in [0.2, 0.25) is 0 Å². The molecule has 3 aromatic rings. The molecule has 156 valence electrons. The highest BCUT2D eigenvalue weighted by atomic mass is 19.1. The van der Waals surface area contributed by atoms with Gasteiger partial charge in [0.2, 0.25) is 0 Å². The van der Waals surface area contributed by atoms with Gasteiger partial charge in [0, 0.05) is 25.3 Å². The lowest BCUT2D eigenvalue weighted by molar-refractivity contribution is 0.402. The molecule has 1 fully saturated rings. The first kappa shape index (κ1) is 20.2. The van der Waals surface area contributed by atoms with Gasteiger partial charge in [0.15, 0.2) is 0 Å². The van der Waals surface area contributed by atoms with Gasteiger partial charge in [-0.05, 0) is 42.7 Å². The van der Waals surface area contributed by atoms with Crippen molar-refractivity contribution in [2.24, 2.45) is 11.7 Å². The van der Waals surface area contributed by atoms with Crippen LogP contribution in [0.5, 0.6) is 0 Å². The number of hydrogen-bond acceptors (Lipinski definition) is 5. The zero-order valence-electron chi connectivity index (χ0n) is 16.9. The van der Waals surface area contributed by atoms with Crippen molar-refractivity contribution in [2.45, 2.75) is 25.9 Å². The van der Waals surface area contributed by atoms with Crippen molar-refractivity contribution in [2.75, 3.05) is 23.3 Å². The Morgan fingerprint density at radius 3 is 2.63 bits per heavy atom. The van der Waals surface area contributed by atoms with Crippen molar-refractivity contribution in [1.29, 1.82) is 0 Å². The molecule has 0 saturated carbocycles. The lowest BCUT2D eigenvalue weighted by atomic mass is 9.96. The molecule has 1 aliphatic rings. The second-order valence-corrected chi connectivity index (χ2v) is 7.86. The van der Waals surface area contributed by atoms with E-state index in [0.29, 0.717) is 18.2 Å². The minimum absolute atomic E-state index is 0.113. The molecule has 0 unspecified atom stereocenters. The minimum atomic E-state index is -0.627. The van der Waals surface area contributed by atoms with E-state index in [2.05, 4.69) is 27.1 Å². The Labute approximate surface area is 175 Å². The highest BCUT2D eigenvalue weighted by Gasteiger charge is 2.24. The lowest BCUT2D eigenvalue weighted by Gasteiger charge is -2.37. The third kappa shape index (κ3) is 4.41. The van der Waals surface area contributed by atoms with Gasteiger partial charge >= 0.3 is 0 Å². The van der Waals surface area contributed by atoms with Crippen LogP contribution in [0, 0.1) is 17.6 Å². The molecule has 5 nitrogen and oxygen atoms in total. The van der Waals surface area contributed by atoms with Gasteiger partial charge in [-0.1, -0.05) is 19.1 Å². The topological polar surface area (TPSA) is 67.1 Å². The summed E-state index contributed by atoms with van der Waals surface area (Å²) < 4.78 is 28.2. The van der Waals surface area contributed by atoms with Crippen LogP contribution in [-0.2, 0) is 6.54 Å². The Balaban J connectivity index is 1.54.